The second-order valence-electron chi connectivity index (χ2n) is 4.08. The lowest BCUT2D eigenvalue weighted by Crippen LogP contribution is -2.26. The van der Waals surface area contributed by atoms with E-state index in [1.54, 1.807) is 18.2 Å². The van der Waals surface area contributed by atoms with Crippen LogP contribution in [0.25, 0.3) is 0 Å². The molecule has 2 rings (SSSR count). The van der Waals surface area contributed by atoms with E-state index >= 15 is 0 Å². The summed E-state index contributed by atoms with van der Waals surface area (Å²) in [5, 5.41) is 8.96. The highest BCUT2D eigenvalue weighted by Crippen LogP contribution is 2.26. The van der Waals surface area contributed by atoms with Crippen LogP contribution in [0.15, 0.2) is 41.4 Å². The van der Waals surface area contributed by atoms with Crippen LogP contribution in [0.1, 0.15) is 5.56 Å². The summed E-state index contributed by atoms with van der Waals surface area (Å²) in [4.78, 5) is 3.65. The van der Waals surface area contributed by atoms with E-state index in [0.717, 1.165) is 10.5 Å². The Balaban J connectivity index is 2.47. The van der Waals surface area contributed by atoms with Crippen LogP contribution in [0.5, 0.6) is 0 Å². The zero-order valence-electron chi connectivity index (χ0n) is 10.8. The molecule has 0 atom stereocenters. The number of anilines is 1. The molecule has 108 valence electrons. The van der Waals surface area contributed by atoms with Crippen LogP contribution in [0.4, 0.5) is 5.69 Å². The molecule has 0 aliphatic heterocycles. The first-order valence-electron chi connectivity index (χ1n) is 5.66. The largest absolute Gasteiger partial charge is 0.269 e. The number of nitriles is 1. The van der Waals surface area contributed by atoms with Gasteiger partial charge in [0.25, 0.3) is 10.0 Å². The lowest BCUT2D eigenvalue weighted by Gasteiger charge is -2.19. The van der Waals surface area contributed by atoms with Crippen LogP contribution >= 0.6 is 23.2 Å². The van der Waals surface area contributed by atoms with Gasteiger partial charge in [0.2, 0.25) is 0 Å². The van der Waals surface area contributed by atoms with Gasteiger partial charge in [-0.2, -0.15) is 5.26 Å². The monoisotopic (exact) mass is 341 g/mol. The highest BCUT2D eigenvalue weighted by Gasteiger charge is 2.23. The van der Waals surface area contributed by atoms with E-state index in [-0.39, 0.29) is 15.1 Å². The quantitative estimate of drug-likeness (QED) is 0.804. The lowest BCUT2D eigenvalue weighted by molar-refractivity contribution is 0.594. The summed E-state index contributed by atoms with van der Waals surface area (Å²) in [6.45, 7) is 0. The molecule has 21 heavy (non-hydrogen) atoms. The number of aromatic nitrogens is 1. The second kappa shape index (κ2) is 5.90. The predicted molar refractivity (Wildman–Crippen MR) is 81.0 cm³/mol. The Morgan fingerprint density at radius 1 is 1.29 bits per heavy atom. The number of nitrogens with zero attached hydrogens (tertiary/aromatic N) is 3. The van der Waals surface area contributed by atoms with Crippen molar-refractivity contribution in [2.24, 2.45) is 0 Å². The van der Waals surface area contributed by atoms with Gasteiger partial charge >= 0.3 is 0 Å². The molecule has 0 spiro atoms. The van der Waals surface area contributed by atoms with Gasteiger partial charge in [0.1, 0.15) is 10.0 Å². The minimum Gasteiger partial charge on any atom is -0.269 e. The molecule has 0 N–H and O–H groups in total. The van der Waals surface area contributed by atoms with Crippen LogP contribution in [0.2, 0.25) is 10.2 Å². The first-order valence-corrected chi connectivity index (χ1v) is 7.86. The Kier molecular flexibility index (Phi) is 4.37. The van der Waals surface area contributed by atoms with E-state index in [4.69, 9.17) is 28.5 Å². The molecule has 0 aliphatic carbocycles. The Bertz CT molecular complexity index is 832. The van der Waals surface area contributed by atoms with Gasteiger partial charge in [-0.1, -0.05) is 29.3 Å². The van der Waals surface area contributed by atoms with Crippen LogP contribution < -0.4 is 4.31 Å². The third kappa shape index (κ3) is 3.10. The van der Waals surface area contributed by atoms with Gasteiger partial charge in [0.05, 0.1) is 22.3 Å². The van der Waals surface area contributed by atoms with Crippen molar-refractivity contribution in [1.29, 1.82) is 5.26 Å². The van der Waals surface area contributed by atoms with E-state index in [2.05, 4.69) is 4.98 Å². The van der Waals surface area contributed by atoms with Crippen LogP contribution in [-0.4, -0.2) is 20.4 Å². The SMILES string of the molecule is CN(c1cccc(C#N)c1)S(=O)(=O)c1cnc(Cl)c(Cl)c1. The first kappa shape index (κ1) is 15.6. The maximum absolute atomic E-state index is 12.5. The van der Waals surface area contributed by atoms with Crippen molar-refractivity contribution in [2.75, 3.05) is 11.4 Å². The average Bonchev–Trinajstić information content (AvgIpc) is 2.49. The molecule has 1 heterocycles. The molecule has 2 aromatic rings. The molecule has 1 aromatic heterocycles. The van der Waals surface area contributed by atoms with Crippen molar-refractivity contribution in [3.63, 3.8) is 0 Å². The zero-order valence-corrected chi connectivity index (χ0v) is 13.1. The number of hydrogen-bond acceptors (Lipinski definition) is 4. The summed E-state index contributed by atoms with van der Waals surface area (Å²) in [5.41, 5.74) is 0.724. The Morgan fingerprint density at radius 3 is 2.62 bits per heavy atom. The summed E-state index contributed by atoms with van der Waals surface area (Å²) in [7, 11) is -2.45. The fraction of sp³-hybridized carbons (Fsp3) is 0.0769. The van der Waals surface area contributed by atoms with Crippen molar-refractivity contribution in [3.05, 3.63) is 52.3 Å². The Labute approximate surface area is 132 Å². The van der Waals surface area contributed by atoms with Crippen molar-refractivity contribution in [3.8, 4) is 6.07 Å². The molecular weight excluding hydrogens is 333 g/mol. The van der Waals surface area contributed by atoms with Crippen LogP contribution in [0.3, 0.4) is 0 Å². The molecule has 0 radical (unpaired) electrons. The third-order valence-electron chi connectivity index (χ3n) is 2.77. The lowest BCUT2D eigenvalue weighted by atomic mass is 10.2. The van der Waals surface area contributed by atoms with Crippen molar-refractivity contribution in [1.82, 2.24) is 4.98 Å². The summed E-state index contributed by atoms with van der Waals surface area (Å²) in [6.07, 6.45) is 1.13. The van der Waals surface area contributed by atoms with Gasteiger partial charge in [-0.15, -0.1) is 0 Å². The molecule has 0 aliphatic rings. The maximum atomic E-state index is 12.5. The minimum atomic E-state index is -3.84. The van der Waals surface area contributed by atoms with Crippen molar-refractivity contribution >= 4 is 38.9 Å². The van der Waals surface area contributed by atoms with E-state index in [1.165, 1.54) is 19.2 Å². The number of rotatable bonds is 3. The highest BCUT2D eigenvalue weighted by atomic mass is 35.5. The standard InChI is InChI=1S/C13H9Cl2N3O2S/c1-18(10-4-2-3-9(5-10)7-16)21(19,20)11-6-12(14)13(15)17-8-11/h2-6,8H,1H3. The number of benzene rings is 1. The molecule has 0 saturated carbocycles. The smallest absolute Gasteiger partial charge is 0.265 e. The summed E-state index contributed by atoms with van der Waals surface area (Å²) >= 11 is 11.5. The second-order valence-corrected chi connectivity index (χ2v) is 6.81. The molecule has 0 bridgehead atoms. The van der Waals surface area contributed by atoms with E-state index < -0.39 is 10.0 Å². The molecule has 1 aromatic carbocycles. The zero-order chi connectivity index (χ0) is 15.6. The molecule has 5 nitrogen and oxygen atoms in total. The average molecular weight is 342 g/mol. The summed E-state index contributed by atoms with van der Waals surface area (Å²) in [6, 6.07) is 9.44. The van der Waals surface area contributed by atoms with E-state index in [0.29, 0.717) is 11.3 Å². The van der Waals surface area contributed by atoms with E-state index in [9.17, 15) is 8.42 Å². The topological polar surface area (TPSA) is 74.1 Å². The molecule has 0 unspecified atom stereocenters. The van der Waals surface area contributed by atoms with Crippen LogP contribution in [0, 0.1) is 11.3 Å². The highest BCUT2D eigenvalue weighted by molar-refractivity contribution is 7.92. The molecule has 8 heteroatoms. The normalized spacial score (nSPS) is 11.0. The number of sulfonamides is 1. The Morgan fingerprint density at radius 2 is 2.00 bits per heavy atom. The maximum Gasteiger partial charge on any atom is 0.265 e. The van der Waals surface area contributed by atoms with Gasteiger partial charge < -0.3 is 0 Å². The predicted octanol–water partition coefficient (Wildman–Crippen LogP) is 3.09. The van der Waals surface area contributed by atoms with E-state index in [1.807, 2.05) is 6.07 Å². The van der Waals surface area contributed by atoms with Gasteiger partial charge in [-0.3, -0.25) is 4.31 Å². The Hall–Kier alpha value is -1.81. The molecule has 0 fully saturated rings. The molecular formula is C13H9Cl2N3O2S. The van der Waals surface area contributed by atoms with Gasteiger partial charge in [0, 0.05) is 13.2 Å². The number of halogens is 2. The summed E-state index contributed by atoms with van der Waals surface area (Å²) < 4.78 is 26.0. The number of hydrogen-bond donors (Lipinski definition) is 0. The molecule has 0 saturated heterocycles. The minimum absolute atomic E-state index is 0.0322. The van der Waals surface area contributed by atoms with Gasteiger partial charge in [0.15, 0.2) is 0 Å². The first-order chi connectivity index (χ1) is 9.86. The molecule has 0 amide bonds. The van der Waals surface area contributed by atoms with Gasteiger partial charge in [-0.25, -0.2) is 13.4 Å². The fourth-order valence-electron chi connectivity index (χ4n) is 1.61. The van der Waals surface area contributed by atoms with Crippen molar-refractivity contribution < 1.29 is 8.42 Å². The van der Waals surface area contributed by atoms with Crippen LogP contribution in [-0.2, 0) is 10.0 Å². The van der Waals surface area contributed by atoms with Gasteiger partial charge in [-0.05, 0) is 24.3 Å². The fourth-order valence-corrected chi connectivity index (χ4v) is 3.11. The number of pyridine rings is 1. The third-order valence-corrected chi connectivity index (χ3v) is 5.21. The van der Waals surface area contributed by atoms with Crippen molar-refractivity contribution in [2.45, 2.75) is 4.90 Å². The summed E-state index contributed by atoms with van der Waals surface area (Å²) in [5.74, 6) is 0.